The molecular weight excluding hydrogens is 376 g/mol. The van der Waals surface area contributed by atoms with Crippen LogP contribution in [0.15, 0.2) is 12.1 Å². The van der Waals surface area contributed by atoms with Crippen molar-refractivity contribution in [2.45, 2.75) is 71.1 Å². The SMILES string of the molecule is CCCCCCCCCCCCOC(=O)c1cc(O)c(O)c(OCC(=O)OC)c1. The molecule has 0 aliphatic carbocycles. The number of hydrogen-bond acceptors (Lipinski definition) is 7. The number of carbonyl (C=O) groups is 2. The molecule has 164 valence electrons. The molecule has 0 saturated carbocycles. The van der Waals surface area contributed by atoms with Gasteiger partial charge in [0.1, 0.15) is 0 Å². The Morgan fingerprint density at radius 1 is 0.897 bits per heavy atom. The fourth-order valence-corrected chi connectivity index (χ4v) is 2.85. The van der Waals surface area contributed by atoms with Gasteiger partial charge in [0.15, 0.2) is 18.1 Å². The Bertz CT molecular complexity index is 628. The smallest absolute Gasteiger partial charge is 0.343 e. The number of esters is 2. The van der Waals surface area contributed by atoms with Crippen LogP contribution in [0.4, 0.5) is 0 Å². The number of benzene rings is 1. The molecule has 1 aromatic rings. The third-order valence-corrected chi connectivity index (χ3v) is 4.59. The summed E-state index contributed by atoms with van der Waals surface area (Å²) in [7, 11) is 1.20. The van der Waals surface area contributed by atoms with E-state index in [0.29, 0.717) is 0 Å². The summed E-state index contributed by atoms with van der Waals surface area (Å²) in [4.78, 5) is 23.3. The number of rotatable bonds is 15. The minimum Gasteiger partial charge on any atom is -0.504 e. The monoisotopic (exact) mass is 410 g/mol. The maximum absolute atomic E-state index is 12.2. The maximum atomic E-state index is 12.2. The summed E-state index contributed by atoms with van der Waals surface area (Å²) in [6.45, 7) is 2.05. The minimum atomic E-state index is -0.655. The van der Waals surface area contributed by atoms with Crippen molar-refractivity contribution in [1.29, 1.82) is 0 Å². The fraction of sp³-hybridized carbons (Fsp3) is 0.636. The van der Waals surface area contributed by atoms with Crippen molar-refractivity contribution in [2.75, 3.05) is 20.3 Å². The molecule has 0 atom stereocenters. The van der Waals surface area contributed by atoms with E-state index in [1.54, 1.807) is 0 Å². The van der Waals surface area contributed by atoms with Crippen LogP contribution < -0.4 is 4.74 Å². The summed E-state index contributed by atoms with van der Waals surface area (Å²) in [5.41, 5.74) is 0.0345. The molecule has 0 aliphatic heterocycles. The zero-order valence-corrected chi connectivity index (χ0v) is 17.6. The van der Waals surface area contributed by atoms with E-state index in [1.165, 1.54) is 58.1 Å². The van der Waals surface area contributed by atoms with E-state index >= 15 is 0 Å². The molecule has 0 heterocycles. The number of carbonyl (C=O) groups excluding carboxylic acids is 2. The number of hydrogen-bond donors (Lipinski definition) is 2. The van der Waals surface area contributed by atoms with E-state index in [-0.39, 0.29) is 17.9 Å². The molecule has 0 saturated heterocycles. The van der Waals surface area contributed by atoms with E-state index in [2.05, 4.69) is 11.7 Å². The molecule has 2 N–H and O–H groups in total. The first-order valence-electron chi connectivity index (χ1n) is 10.4. The number of methoxy groups -OCH3 is 1. The number of ether oxygens (including phenoxy) is 3. The highest BCUT2D eigenvalue weighted by Crippen LogP contribution is 2.36. The van der Waals surface area contributed by atoms with Crippen LogP contribution in [-0.4, -0.2) is 42.5 Å². The third-order valence-electron chi connectivity index (χ3n) is 4.59. The van der Waals surface area contributed by atoms with Crippen molar-refractivity contribution in [1.82, 2.24) is 0 Å². The lowest BCUT2D eigenvalue weighted by molar-refractivity contribution is -0.142. The summed E-state index contributed by atoms with van der Waals surface area (Å²) in [5, 5.41) is 19.5. The van der Waals surface area contributed by atoms with Gasteiger partial charge in [0.05, 0.1) is 19.3 Å². The normalized spacial score (nSPS) is 10.6. The zero-order chi connectivity index (χ0) is 21.5. The maximum Gasteiger partial charge on any atom is 0.343 e. The van der Waals surface area contributed by atoms with Crippen LogP contribution in [0.2, 0.25) is 0 Å². The largest absolute Gasteiger partial charge is 0.504 e. The van der Waals surface area contributed by atoms with Crippen molar-refractivity contribution in [2.24, 2.45) is 0 Å². The number of unbranched alkanes of at least 4 members (excludes halogenated alkanes) is 9. The Morgan fingerprint density at radius 2 is 1.48 bits per heavy atom. The van der Waals surface area contributed by atoms with E-state index in [4.69, 9.17) is 9.47 Å². The second-order valence-electron chi connectivity index (χ2n) is 7.02. The quantitative estimate of drug-likeness (QED) is 0.245. The Hall–Kier alpha value is -2.44. The summed E-state index contributed by atoms with van der Waals surface area (Å²) in [6, 6.07) is 2.32. The predicted molar refractivity (Wildman–Crippen MR) is 109 cm³/mol. The molecule has 0 amide bonds. The molecule has 29 heavy (non-hydrogen) atoms. The van der Waals surface area contributed by atoms with Gasteiger partial charge >= 0.3 is 11.9 Å². The average molecular weight is 411 g/mol. The van der Waals surface area contributed by atoms with Crippen molar-refractivity contribution in [3.63, 3.8) is 0 Å². The van der Waals surface area contributed by atoms with E-state index < -0.39 is 30.0 Å². The van der Waals surface area contributed by atoms with Gasteiger partial charge in [-0.1, -0.05) is 64.7 Å². The lowest BCUT2D eigenvalue weighted by Gasteiger charge is -2.11. The first kappa shape index (κ1) is 24.6. The number of phenols is 2. The van der Waals surface area contributed by atoms with Gasteiger partial charge in [-0.3, -0.25) is 0 Å². The van der Waals surface area contributed by atoms with Crippen molar-refractivity contribution in [3.05, 3.63) is 17.7 Å². The van der Waals surface area contributed by atoms with Crippen LogP contribution in [0.5, 0.6) is 17.2 Å². The molecule has 0 radical (unpaired) electrons. The highest BCUT2D eigenvalue weighted by Gasteiger charge is 2.17. The van der Waals surface area contributed by atoms with Crippen LogP contribution in [-0.2, 0) is 14.3 Å². The highest BCUT2D eigenvalue weighted by atomic mass is 16.6. The summed E-state index contributed by atoms with van der Waals surface area (Å²) >= 11 is 0. The molecule has 0 aromatic heterocycles. The molecule has 7 nitrogen and oxygen atoms in total. The van der Waals surface area contributed by atoms with Crippen LogP contribution in [0.1, 0.15) is 81.5 Å². The van der Waals surface area contributed by atoms with E-state index in [9.17, 15) is 19.8 Å². The van der Waals surface area contributed by atoms with Crippen LogP contribution >= 0.6 is 0 Å². The average Bonchev–Trinajstić information content (AvgIpc) is 2.72. The summed E-state index contributed by atoms with van der Waals surface area (Å²) in [5.74, 6) is -2.56. The Labute approximate surface area is 173 Å². The standard InChI is InChI=1S/C22H34O7/c1-3-4-5-6-7-8-9-10-11-12-13-28-22(26)17-14-18(23)21(25)19(15-17)29-16-20(24)27-2/h14-15,23,25H,3-13,16H2,1-2H3. The number of aromatic hydroxyl groups is 2. The summed E-state index contributed by atoms with van der Waals surface area (Å²) < 4.78 is 14.7. The molecule has 0 bridgehead atoms. The third kappa shape index (κ3) is 10.1. The molecular formula is C22H34O7. The van der Waals surface area contributed by atoms with Gasteiger partial charge in [-0.25, -0.2) is 9.59 Å². The van der Waals surface area contributed by atoms with Crippen LogP contribution in [0, 0.1) is 0 Å². The molecule has 7 heteroatoms. The molecule has 1 rings (SSSR count). The first-order chi connectivity index (χ1) is 14.0. The van der Waals surface area contributed by atoms with Crippen molar-refractivity contribution < 1.29 is 34.0 Å². The van der Waals surface area contributed by atoms with Crippen LogP contribution in [0.25, 0.3) is 0 Å². The molecule has 0 aliphatic rings. The minimum absolute atomic E-state index is 0.0345. The molecule has 0 unspecified atom stereocenters. The number of phenolic OH excluding ortho intramolecular Hbond substituents is 2. The Kier molecular flexibility index (Phi) is 12.3. The van der Waals surface area contributed by atoms with Gasteiger partial charge in [-0.2, -0.15) is 0 Å². The molecule has 0 spiro atoms. The lowest BCUT2D eigenvalue weighted by atomic mass is 10.1. The summed E-state index contributed by atoms with van der Waals surface area (Å²) in [6.07, 6.45) is 11.9. The van der Waals surface area contributed by atoms with E-state index in [1.807, 2.05) is 0 Å². The second-order valence-corrected chi connectivity index (χ2v) is 7.02. The van der Waals surface area contributed by atoms with Crippen molar-refractivity contribution in [3.8, 4) is 17.2 Å². The van der Waals surface area contributed by atoms with Crippen LogP contribution in [0.3, 0.4) is 0 Å². The molecule has 0 fully saturated rings. The molecule has 1 aromatic carbocycles. The van der Waals surface area contributed by atoms with Gasteiger partial charge in [-0.15, -0.1) is 0 Å². The lowest BCUT2D eigenvalue weighted by Crippen LogP contribution is -2.13. The first-order valence-corrected chi connectivity index (χ1v) is 10.4. The van der Waals surface area contributed by atoms with Crippen molar-refractivity contribution >= 4 is 11.9 Å². The predicted octanol–water partition coefficient (Wildman–Crippen LogP) is 4.73. The highest BCUT2D eigenvalue weighted by molar-refractivity contribution is 5.91. The van der Waals surface area contributed by atoms with Gasteiger partial charge in [0.25, 0.3) is 0 Å². The van der Waals surface area contributed by atoms with E-state index in [0.717, 1.165) is 25.3 Å². The van der Waals surface area contributed by atoms with Gasteiger partial charge < -0.3 is 24.4 Å². The van der Waals surface area contributed by atoms with Gasteiger partial charge in [-0.05, 0) is 18.6 Å². The topological polar surface area (TPSA) is 102 Å². The second kappa shape index (κ2) is 14.5. The Morgan fingerprint density at radius 3 is 2.07 bits per heavy atom. The Balaban J connectivity index is 2.30. The fourth-order valence-electron chi connectivity index (χ4n) is 2.85. The zero-order valence-electron chi connectivity index (χ0n) is 17.6. The van der Waals surface area contributed by atoms with Gasteiger partial charge in [0, 0.05) is 0 Å². The van der Waals surface area contributed by atoms with Gasteiger partial charge in [0.2, 0.25) is 5.75 Å².